The molecule has 0 aliphatic carbocycles. The fourth-order valence-corrected chi connectivity index (χ4v) is 3.80. The van der Waals surface area contributed by atoms with E-state index in [2.05, 4.69) is 34.8 Å². The average molecular weight is 449 g/mol. The van der Waals surface area contributed by atoms with E-state index in [1.807, 2.05) is 0 Å². The van der Waals surface area contributed by atoms with Gasteiger partial charge in [0.2, 0.25) is 5.88 Å². The van der Waals surface area contributed by atoms with Gasteiger partial charge in [0.25, 0.3) is 5.56 Å². The van der Waals surface area contributed by atoms with Crippen LogP contribution in [0.4, 0.5) is 13.2 Å². The highest BCUT2D eigenvalue weighted by Gasteiger charge is 2.49. The van der Waals surface area contributed by atoms with Gasteiger partial charge in [-0.2, -0.15) is 26.6 Å². The normalized spacial score (nSPS) is 18.5. The molecule has 0 unspecified atom stereocenters. The number of piperidine rings is 1. The number of hydrogen-bond donors (Lipinski definition) is 1. The zero-order valence-corrected chi connectivity index (χ0v) is 17.4. The molecule has 0 atom stereocenters. The molecule has 166 valence electrons. The van der Waals surface area contributed by atoms with E-state index in [0.29, 0.717) is 37.6 Å². The van der Waals surface area contributed by atoms with Gasteiger partial charge in [-0.3, -0.25) is 14.1 Å². The van der Waals surface area contributed by atoms with Gasteiger partial charge in [-0.15, -0.1) is 0 Å². The molecule has 12 heteroatoms. The number of halogens is 3. The second-order valence-electron chi connectivity index (χ2n) is 8.25. The lowest BCUT2D eigenvalue weighted by molar-refractivity contribution is -0.0502. The van der Waals surface area contributed by atoms with Crippen LogP contribution in [0.2, 0.25) is 0 Å². The van der Waals surface area contributed by atoms with Crippen LogP contribution in [-0.2, 0) is 15.7 Å². The molecule has 2 aromatic heterocycles. The summed E-state index contributed by atoms with van der Waals surface area (Å²) in [5.74, 6) is -0.984. The number of nitrogens with zero attached hydrogens (tertiary/aromatic N) is 3. The first-order valence-corrected chi connectivity index (χ1v) is 10.6. The van der Waals surface area contributed by atoms with Crippen LogP contribution >= 0.6 is 0 Å². The molecule has 1 fully saturated rings. The fraction of sp³-hybridized carbons (Fsp3) is 0.556. The van der Waals surface area contributed by atoms with E-state index in [1.165, 1.54) is 18.3 Å². The molecular weight excluding hydrogens is 427 g/mol. The van der Waals surface area contributed by atoms with Gasteiger partial charge in [-0.25, -0.2) is 0 Å². The van der Waals surface area contributed by atoms with Crippen molar-refractivity contribution < 1.29 is 30.9 Å². The standard InChI is InChI=1S/C18H22F3N3O5S/c1-16(2,3)23-8-6-17(26,7-9-23)12-4-5-13-22-14(10-15(25)24(13)11-12)29-30(27,28)18(19,20)21/h4-5,10-11,26H,6-9H2,1-3H3. The van der Waals surface area contributed by atoms with Crippen LogP contribution in [0.25, 0.3) is 5.65 Å². The minimum absolute atomic E-state index is 0.0429. The number of likely N-dealkylation sites (tertiary alicyclic amines) is 1. The third-order valence-electron chi connectivity index (χ3n) is 5.19. The maximum Gasteiger partial charge on any atom is 0.534 e. The first-order chi connectivity index (χ1) is 13.6. The van der Waals surface area contributed by atoms with E-state index in [4.69, 9.17) is 0 Å². The Morgan fingerprint density at radius 3 is 2.30 bits per heavy atom. The van der Waals surface area contributed by atoms with Gasteiger partial charge in [0, 0.05) is 30.4 Å². The first-order valence-electron chi connectivity index (χ1n) is 9.15. The highest BCUT2D eigenvalue weighted by molar-refractivity contribution is 7.87. The summed E-state index contributed by atoms with van der Waals surface area (Å²) in [6.45, 7) is 7.53. The Kier molecular flexibility index (Phi) is 5.40. The van der Waals surface area contributed by atoms with Crippen LogP contribution < -0.4 is 9.74 Å². The molecule has 1 saturated heterocycles. The van der Waals surface area contributed by atoms with Gasteiger partial charge in [-0.05, 0) is 39.7 Å². The molecule has 1 aliphatic rings. The summed E-state index contributed by atoms with van der Waals surface area (Å²) in [5.41, 5.74) is -7.36. The molecule has 1 aliphatic heterocycles. The van der Waals surface area contributed by atoms with Crippen molar-refractivity contribution in [3.8, 4) is 5.88 Å². The second kappa shape index (κ2) is 7.20. The van der Waals surface area contributed by atoms with Crippen LogP contribution in [0.1, 0.15) is 39.2 Å². The minimum Gasteiger partial charge on any atom is -0.385 e. The van der Waals surface area contributed by atoms with E-state index in [0.717, 1.165) is 4.40 Å². The Morgan fingerprint density at radius 2 is 1.77 bits per heavy atom. The molecule has 3 rings (SSSR count). The molecule has 0 amide bonds. The zero-order valence-electron chi connectivity index (χ0n) is 16.6. The number of alkyl halides is 3. The van der Waals surface area contributed by atoms with E-state index < -0.39 is 32.7 Å². The number of aliphatic hydroxyl groups is 1. The molecule has 8 nitrogen and oxygen atoms in total. The van der Waals surface area contributed by atoms with E-state index in [1.54, 1.807) is 0 Å². The SMILES string of the molecule is CC(C)(C)N1CCC(O)(c2ccc3nc(OS(=O)(=O)C(F)(F)F)cc(=O)n3c2)CC1. The van der Waals surface area contributed by atoms with E-state index in [9.17, 15) is 31.5 Å². The lowest BCUT2D eigenvalue weighted by Gasteiger charge is -2.44. The molecule has 0 spiro atoms. The summed E-state index contributed by atoms with van der Waals surface area (Å²) < 4.78 is 64.7. The molecule has 3 heterocycles. The number of pyridine rings is 1. The largest absolute Gasteiger partial charge is 0.534 e. The van der Waals surface area contributed by atoms with Gasteiger partial charge in [0.15, 0.2) is 0 Å². The second-order valence-corrected chi connectivity index (χ2v) is 9.79. The number of aromatic nitrogens is 2. The first kappa shape index (κ1) is 22.5. The maximum absolute atomic E-state index is 12.5. The summed E-state index contributed by atoms with van der Waals surface area (Å²) in [6, 6.07) is 3.38. The van der Waals surface area contributed by atoms with Crippen molar-refractivity contribution in [2.75, 3.05) is 13.1 Å². The predicted molar refractivity (Wildman–Crippen MR) is 102 cm³/mol. The van der Waals surface area contributed by atoms with Crippen molar-refractivity contribution in [3.63, 3.8) is 0 Å². The van der Waals surface area contributed by atoms with Crippen molar-refractivity contribution in [2.45, 2.75) is 50.3 Å². The molecule has 0 radical (unpaired) electrons. The molecular formula is C18H22F3N3O5S. The summed E-state index contributed by atoms with van der Waals surface area (Å²) >= 11 is 0. The Balaban J connectivity index is 1.91. The summed E-state index contributed by atoms with van der Waals surface area (Å²) in [5, 5.41) is 11.1. The minimum atomic E-state index is -5.94. The van der Waals surface area contributed by atoms with Crippen LogP contribution in [0.5, 0.6) is 5.88 Å². The average Bonchev–Trinajstić information content (AvgIpc) is 2.59. The summed E-state index contributed by atoms with van der Waals surface area (Å²) in [4.78, 5) is 18.2. The molecule has 0 aromatic carbocycles. The molecule has 1 N–H and O–H groups in total. The van der Waals surface area contributed by atoms with Crippen LogP contribution in [-0.4, -0.2) is 51.9 Å². The van der Waals surface area contributed by atoms with Gasteiger partial charge in [-0.1, -0.05) is 6.07 Å². The summed E-state index contributed by atoms with van der Waals surface area (Å²) in [6.07, 6.45) is 2.23. The van der Waals surface area contributed by atoms with Gasteiger partial charge in [0.1, 0.15) is 5.65 Å². The van der Waals surface area contributed by atoms with Gasteiger partial charge >= 0.3 is 15.6 Å². The molecule has 0 saturated carbocycles. The highest BCUT2D eigenvalue weighted by Crippen LogP contribution is 2.35. The number of fused-ring (bicyclic) bond motifs is 1. The molecule has 2 aromatic rings. The molecule has 30 heavy (non-hydrogen) atoms. The number of hydrogen-bond acceptors (Lipinski definition) is 7. The molecule has 0 bridgehead atoms. The van der Waals surface area contributed by atoms with Crippen LogP contribution in [0.15, 0.2) is 29.2 Å². The van der Waals surface area contributed by atoms with Crippen molar-refractivity contribution in [1.82, 2.24) is 14.3 Å². The van der Waals surface area contributed by atoms with Crippen molar-refractivity contribution in [1.29, 1.82) is 0 Å². The van der Waals surface area contributed by atoms with E-state index in [-0.39, 0.29) is 11.2 Å². The van der Waals surface area contributed by atoms with Crippen LogP contribution in [0, 0.1) is 0 Å². The maximum atomic E-state index is 12.5. The smallest absolute Gasteiger partial charge is 0.385 e. The third kappa shape index (κ3) is 4.30. The highest BCUT2D eigenvalue weighted by atomic mass is 32.2. The number of rotatable bonds is 3. The Morgan fingerprint density at radius 1 is 1.17 bits per heavy atom. The summed E-state index contributed by atoms with van der Waals surface area (Å²) in [7, 11) is -5.94. The fourth-order valence-electron chi connectivity index (χ4n) is 3.39. The van der Waals surface area contributed by atoms with Gasteiger partial charge < -0.3 is 9.29 Å². The third-order valence-corrected chi connectivity index (χ3v) is 6.15. The Hall–Kier alpha value is -2.18. The van der Waals surface area contributed by atoms with Crippen molar-refractivity contribution >= 4 is 15.8 Å². The Labute approximate surface area is 171 Å². The van der Waals surface area contributed by atoms with Crippen molar-refractivity contribution in [2.24, 2.45) is 0 Å². The quantitative estimate of drug-likeness (QED) is 0.565. The lowest BCUT2D eigenvalue weighted by Crippen LogP contribution is -2.50. The van der Waals surface area contributed by atoms with Crippen LogP contribution in [0.3, 0.4) is 0 Å². The predicted octanol–water partition coefficient (Wildman–Crippen LogP) is 2.00. The van der Waals surface area contributed by atoms with Crippen molar-refractivity contribution in [3.05, 3.63) is 40.3 Å². The topological polar surface area (TPSA) is 101 Å². The van der Waals surface area contributed by atoms with E-state index >= 15 is 0 Å². The monoisotopic (exact) mass is 449 g/mol. The zero-order chi connectivity index (χ0) is 22.5. The Bertz CT molecular complexity index is 1110. The van der Waals surface area contributed by atoms with Gasteiger partial charge in [0.05, 0.1) is 11.7 Å². The lowest BCUT2D eigenvalue weighted by atomic mass is 9.84.